The van der Waals surface area contributed by atoms with E-state index in [-0.39, 0.29) is 0 Å². The third-order valence-electron chi connectivity index (χ3n) is 0.471. The van der Waals surface area contributed by atoms with Gasteiger partial charge in [0.2, 0.25) is 0 Å². The summed E-state index contributed by atoms with van der Waals surface area (Å²) in [5.41, 5.74) is 0. The average molecular weight is 202 g/mol. The molecule has 0 rings (SSSR count). The molecule has 13 heavy (non-hydrogen) atoms. The average Bonchev–Trinajstić information content (AvgIpc) is 1.84. The van der Waals surface area contributed by atoms with Crippen molar-refractivity contribution < 1.29 is 10.2 Å². The van der Waals surface area contributed by atoms with Crippen LogP contribution in [0.25, 0.3) is 0 Å². The fourth-order valence-electron chi connectivity index (χ4n) is 0. The molecule has 0 aliphatic carbocycles. The molecule has 0 aliphatic heterocycles. The van der Waals surface area contributed by atoms with Gasteiger partial charge in [-0.3, -0.25) is 0 Å². The molecule has 78 valence electrons. The maximum atomic E-state index is 9.53. The van der Waals surface area contributed by atoms with E-state index in [1.54, 1.807) is 27.7 Å². The van der Waals surface area contributed by atoms with Crippen molar-refractivity contribution in [2.45, 2.75) is 59.0 Å². The topological polar surface area (TPSA) is 46.1 Å². The van der Waals surface area contributed by atoms with E-state index in [0.29, 0.717) is 0 Å². The summed E-state index contributed by atoms with van der Waals surface area (Å²) in [4.78, 5) is 0. The zero-order valence-corrected chi connectivity index (χ0v) is 11.0. The quantitative estimate of drug-likeness (QED) is 0.589. The van der Waals surface area contributed by atoms with Crippen LogP contribution in [-0.2, 0) is 0 Å². The Morgan fingerprint density at radius 3 is 0.923 bits per heavy atom. The summed E-state index contributed by atoms with van der Waals surface area (Å²) < 4.78 is 0. The van der Waals surface area contributed by atoms with Gasteiger partial charge in [0.1, 0.15) is 0 Å². The Morgan fingerprint density at radius 1 is 0.846 bits per heavy atom. The van der Waals surface area contributed by atoms with Crippen LogP contribution in [0, 0.1) is 5.92 Å². The SMILES string of the molecule is CC(C)[CH2][Al+2].CC(C)[O-].CC(C)[O-]. The van der Waals surface area contributed by atoms with E-state index in [1.807, 2.05) is 0 Å². The molecular formula is C10H23AlO2. The summed E-state index contributed by atoms with van der Waals surface area (Å²) in [7, 11) is 0. The molecule has 0 radical (unpaired) electrons. The van der Waals surface area contributed by atoms with Crippen LogP contribution in [-0.4, -0.2) is 28.5 Å². The van der Waals surface area contributed by atoms with Crippen LogP contribution >= 0.6 is 0 Å². The van der Waals surface area contributed by atoms with Crippen molar-refractivity contribution >= 4 is 16.3 Å². The molecule has 0 unspecified atom stereocenters. The Morgan fingerprint density at radius 2 is 0.923 bits per heavy atom. The predicted octanol–water partition coefficient (Wildman–Crippen LogP) is 0.739. The molecule has 0 bridgehead atoms. The van der Waals surface area contributed by atoms with Crippen LogP contribution in [0.1, 0.15) is 41.5 Å². The van der Waals surface area contributed by atoms with Crippen molar-refractivity contribution in [3.8, 4) is 0 Å². The molecule has 0 spiro atoms. The van der Waals surface area contributed by atoms with Gasteiger partial charge in [-0.15, -0.1) is 12.2 Å². The first-order chi connectivity index (χ1) is 5.73. The molecule has 2 nitrogen and oxygen atoms in total. The number of rotatable bonds is 1. The number of hydrogen-bond donors (Lipinski definition) is 0. The molecule has 0 fully saturated rings. The molecule has 0 heterocycles. The smallest absolute Gasteiger partial charge is 0.0783 e. The fraction of sp³-hybridized carbons (Fsp3) is 1.00. The van der Waals surface area contributed by atoms with E-state index in [0.717, 1.165) is 5.92 Å². The predicted molar refractivity (Wildman–Crippen MR) is 55.7 cm³/mol. The Kier molecular flexibility index (Phi) is 22.0. The van der Waals surface area contributed by atoms with Crippen LogP contribution in [0.15, 0.2) is 0 Å². The van der Waals surface area contributed by atoms with Crippen molar-refractivity contribution in [3.63, 3.8) is 0 Å². The van der Waals surface area contributed by atoms with Crippen molar-refractivity contribution in [2.24, 2.45) is 5.92 Å². The van der Waals surface area contributed by atoms with Crippen molar-refractivity contribution in [1.82, 2.24) is 0 Å². The summed E-state index contributed by atoms with van der Waals surface area (Å²) in [6.07, 6.45) is -0.833. The van der Waals surface area contributed by atoms with Crippen LogP contribution in [0.3, 0.4) is 0 Å². The third-order valence-corrected chi connectivity index (χ3v) is 1.41. The van der Waals surface area contributed by atoms with E-state index >= 15 is 0 Å². The molecule has 0 saturated carbocycles. The van der Waals surface area contributed by atoms with Crippen molar-refractivity contribution in [3.05, 3.63) is 0 Å². The Hall–Kier alpha value is 0.452. The minimum atomic E-state index is -0.417. The first-order valence-corrected chi connectivity index (χ1v) is 5.57. The molecule has 0 aromatic heterocycles. The fourth-order valence-corrected chi connectivity index (χ4v) is 0. The Labute approximate surface area is 91.8 Å². The molecule has 0 aromatic carbocycles. The minimum absolute atomic E-state index is 0.417. The molecule has 3 heteroatoms. The van der Waals surface area contributed by atoms with Crippen LogP contribution < -0.4 is 10.2 Å². The largest absolute Gasteiger partial charge is 0.852 e. The summed E-state index contributed by atoms with van der Waals surface area (Å²) in [5.74, 6) is 0.847. The second kappa shape index (κ2) is 14.9. The van der Waals surface area contributed by atoms with Gasteiger partial charge < -0.3 is 10.2 Å². The first-order valence-electron chi connectivity index (χ1n) is 4.75. The van der Waals surface area contributed by atoms with E-state index in [4.69, 9.17) is 0 Å². The van der Waals surface area contributed by atoms with E-state index in [1.165, 1.54) is 5.28 Å². The van der Waals surface area contributed by atoms with Gasteiger partial charge in [0.15, 0.2) is 0 Å². The molecule has 0 atom stereocenters. The van der Waals surface area contributed by atoms with Gasteiger partial charge in [0.05, 0.1) is 0 Å². The zero-order valence-electron chi connectivity index (χ0n) is 9.83. The van der Waals surface area contributed by atoms with Gasteiger partial charge in [0, 0.05) is 0 Å². The van der Waals surface area contributed by atoms with Gasteiger partial charge in [-0.05, 0) is 0 Å². The first kappa shape index (κ1) is 19.1. The Bertz CT molecular complexity index is 61.8. The monoisotopic (exact) mass is 202 g/mol. The molecular weight excluding hydrogens is 179 g/mol. The second-order valence-corrected chi connectivity index (χ2v) is 4.20. The minimum Gasteiger partial charge on any atom is -0.852 e. The van der Waals surface area contributed by atoms with Crippen molar-refractivity contribution in [2.75, 3.05) is 0 Å². The normalized spacial score (nSPS) is 9.31. The van der Waals surface area contributed by atoms with Gasteiger partial charge in [-0.1, -0.05) is 27.7 Å². The molecule has 0 N–H and O–H groups in total. The van der Waals surface area contributed by atoms with Crippen LogP contribution in [0.2, 0.25) is 5.28 Å². The van der Waals surface area contributed by atoms with Gasteiger partial charge in [-0.25, -0.2) is 0 Å². The van der Waals surface area contributed by atoms with E-state index in [2.05, 4.69) is 30.1 Å². The summed E-state index contributed by atoms with van der Waals surface area (Å²) in [6.45, 7) is 10.8. The summed E-state index contributed by atoms with van der Waals surface area (Å²) >= 11 is 2.69. The summed E-state index contributed by atoms with van der Waals surface area (Å²) in [6, 6.07) is 0. The second-order valence-electron chi connectivity index (χ2n) is 3.73. The standard InChI is InChI=1S/C4H9.2C3H7O.Al/c1-4(2)3;2*1-3(2)4;/h4H,1H2,2-3H3;2*3H,1-2H3;/q;2*-1;+2. The van der Waals surface area contributed by atoms with E-state index in [9.17, 15) is 10.2 Å². The molecule has 0 amide bonds. The molecule has 0 aliphatic rings. The maximum absolute atomic E-state index is 9.53. The zero-order chi connectivity index (χ0) is 11.4. The van der Waals surface area contributed by atoms with Crippen molar-refractivity contribution in [1.29, 1.82) is 0 Å². The molecule has 0 aromatic rings. The van der Waals surface area contributed by atoms with Crippen LogP contribution in [0.5, 0.6) is 0 Å². The van der Waals surface area contributed by atoms with Gasteiger partial charge in [0.25, 0.3) is 0 Å². The number of hydrogen-bond acceptors (Lipinski definition) is 2. The maximum Gasteiger partial charge on any atom is -0.0783 e. The van der Waals surface area contributed by atoms with E-state index < -0.39 is 12.2 Å². The third kappa shape index (κ3) is 226. The van der Waals surface area contributed by atoms with Gasteiger partial charge >= 0.3 is 41.3 Å². The van der Waals surface area contributed by atoms with Crippen LogP contribution in [0.4, 0.5) is 0 Å². The Balaban J connectivity index is -0.000000117. The van der Waals surface area contributed by atoms with Gasteiger partial charge in [-0.2, -0.15) is 0 Å². The molecule has 0 saturated heterocycles. The summed E-state index contributed by atoms with van der Waals surface area (Å²) in [5, 5.41) is 20.3.